The van der Waals surface area contributed by atoms with Crippen LogP contribution in [0.4, 0.5) is 5.82 Å². The molecule has 1 N–H and O–H groups in total. The normalized spacial score (nSPS) is 20.9. The Labute approximate surface area is 164 Å². The van der Waals surface area contributed by atoms with Crippen LogP contribution in [0, 0.1) is 6.92 Å². The molecule has 2 atom stereocenters. The molecule has 0 saturated carbocycles. The molecule has 5 nitrogen and oxygen atoms in total. The van der Waals surface area contributed by atoms with Crippen molar-refractivity contribution in [1.82, 2.24) is 14.9 Å². The number of benzene rings is 1. The van der Waals surface area contributed by atoms with Gasteiger partial charge in [-0.25, -0.2) is 9.97 Å². The largest absolute Gasteiger partial charge is 0.373 e. The summed E-state index contributed by atoms with van der Waals surface area (Å²) in [5, 5.41) is 4.56. The third-order valence-electron chi connectivity index (χ3n) is 4.84. The summed E-state index contributed by atoms with van der Waals surface area (Å²) in [7, 11) is 0. The molecule has 4 rings (SSSR count). The van der Waals surface area contributed by atoms with Gasteiger partial charge in [-0.15, -0.1) is 11.3 Å². The average molecular weight is 383 g/mol. The van der Waals surface area contributed by atoms with Gasteiger partial charge < -0.3 is 10.1 Å². The predicted octanol–water partition coefficient (Wildman–Crippen LogP) is 4.22. The fourth-order valence-corrected chi connectivity index (χ4v) is 4.58. The average Bonchev–Trinajstić information content (AvgIpc) is 3.01. The van der Waals surface area contributed by atoms with E-state index in [0.29, 0.717) is 12.2 Å². The van der Waals surface area contributed by atoms with Gasteiger partial charge in [0, 0.05) is 31.1 Å². The van der Waals surface area contributed by atoms with Crippen LogP contribution in [-0.2, 0) is 17.8 Å². The van der Waals surface area contributed by atoms with Crippen LogP contribution >= 0.6 is 11.3 Å². The number of aryl methyl sites for hydroxylation is 1. The van der Waals surface area contributed by atoms with Crippen LogP contribution in [0.15, 0.2) is 36.7 Å². The van der Waals surface area contributed by atoms with E-state index >= 15 is 0 Å². The lowest BCUT2D eigenvalue weighted by Crippen LogP contribution is -2.44. The van der Waals surface area contributed by atoms with E-state index < -0.39 is 0 Å². The summed E-state index contributed by atoms with van der Waals surface area (Å²) in [6, 6.07) is 11.0. The molecule has 1 aromatic carbocycles. The Bertz CT molecular complexity index is 898. The van der Waals surface area contributed by atoms with Gasteiger partial charge in [0.05, 0.1) is 17.6 Å². The van der Waals surface area contributed by atoms with Crippen molar-refractivity contribution in [3.63, 3.8) is 0 Å². The van der Waals surface area contributed by atoms with Gasteiger partial charge in [-0.2, -0.15) is 0 Å². The van der Waals surface area contributed by atoms with Gasteiger partial charge in [0.15, 0.2) is 0 Å². The third kappa shape index (κ3) is 4.46. The van der Waals surface area contributed by atoms with E-state index in [1.165, 1.54) is 16.0 Å². The van der Waals surface area contributed by atoms with Crippen molar-refractivity contribution in [3.8, 4) is 0 Å². The van der Waals surface area contributed by atoms with E-state index in [4.69, 9.17) is 4.74 Å². The minimum absolute atomic E-state index is 0.308. The molecule has 0 aliphatic carbocycles. The molecule has 6 heteroatoms. The van der Waals surface area contributed by atoms with Gasteiger partial charge >= 0.3 is 0 Å². The summed E-state index contributed by atoms with van der Waals surface area (Å²) < 4.78 is 5.82. The van der Waals surface area contributed by atoms with Gasteiger partial charge in [-0.3, -0.25) is 4.90 Å². The Balaban J connectivity index is 1.38. The fourth-order valence-electron chi connectivity index (χ4n) is 3.74. The van der Waals surface area contributed by atoms with Gasteiger partial charge in [0.25, 0.3) is 0 Å². The van der Waals surface area contributed by atoms with Crippen molar-refractivity contribution in [2.24, 2.45) is 0 Å². The second-order valence-electron chi connectivity index (χ2n) is 7.42. The number of rotatable bonds is 5. The molecule has 2 aromatic heterocycles. The zero-order valence-electron chi connectivity index (χ0n) is 16.1. The summed E-state index contributed by atoms with van der Waals surface area (Å²) in [5.74, 6) is 0.907. The molecule has 0 amide bonds. The molecular weight excluding hydrogens is 356 g/mol. The number of fused-ring (bicyclic) bond motifs is 1. The van der Waals surface area contributed by atoms with Crippen LogP contribution in [0.1, 0.15) is 29.9 Å². The molecule has 142 valence electrons. The van der Waals surface area contributed by atoms with Gasteiger partial charge in [0.2, 0.25) is 0 Å². The van der Waals surface area contributed by atoms with E-state index in [9.17, 15) is 0 Å². The van der Waals surface area contributed by atoms with Gasteiger partial charge in [-0.1, -0.05) is 24.3 Å². The van der Waals surface area contributed by atoms with Crippen molar-refractivity contribution >= 4 is 27.4 Å². The maximum absolute atomic E-state index is 5.82. The Morgan fingerprint density at radius 3 is 2.56 bits per heavy atom. The number of anilines is 1. The van der Waals surface area contributed by atoms with Crippen molar-refractivity contribution in [2.75, 3.05) is 18.4 Å². The molecule has 0 spiro atoms. The van der Waals surface area contributed by atoms with E-state index in [1.54, 1.807) is 17.7 Å². The monoisotopic (exact) mass is 382 g/mol. The molecule has 1 fully saturated rings. The molecular formula is C21H26N4OS. The Morgan fingerprint density at radius 2 is 1.81 bits per heavy atom. The van der Waals surface area contributed by atoms with Crippen molar-refractivity contribution < 1.29 is 4.74 Å². The number of morpholine rings is 1. The number of hydrogen-bond donors (Lipinski definition) is 1. The minimum atomic E-state index is 0.308. The molecule has 0 radical (unpaired) electrons. The van der Waals surface area contributed by atoms with Crippen molar-refractivity contribution in [1.29, 1.82) is 0 Å². The summed E-state index contributed by atoms with van der Waals surface area (Å²) in [5.41, 5.74) is 2.60. The molecule has 1 aliphatic rings. The predicted molar refractivity (Wildman–Crippen MR) is 111 cm³/mol. The molecule has 3 heterocycles. The number of nitrogens with one attached hydrogen (secondary N) is 1. The molecule has 27 heavy (non-hydrogen) atoms. The molecule has 2 unspecified atom stereocenters. The van der Waals surface area contributed by atoms with Crippen LogP contribution < -0.4 is 5.32 Å². The summed E-state index contributed by atoms with van der Waals surface area (Å²) in [4.78, 5) is 13.5. The number of thiophene rings is 1. The van der Waals surface area contributed by atoms with E-state index in [1.807, 2.05) is 0 Å². The third-order valence-corrected chi connectivity index (χ3v) is 5.80. The Kier molecular flexibility index (Phi) is 5.38. The van der Waals surface area contributed by atoms with Gasteiger partial charge in [0.1, 0.15) is 17.0 Å². The second-order valence-corrected chi connectivity index (χ2v) is 8.65. The topological polar surface area (TPSA) is 50.3 Å². The lowest BCUT2D eigenvalue weighted by molar-refractivity contribution is -0.0704. The van der Waals surface area contributed by atoms with Gasteiger partial charge in [-0.05, 0) is 38.0 Å². The quantitative estimate of drug-likeness (QED) is 0.716. The highest BCUT2D eigenvalue weighted by atomic mass is 32.1. The first-order chi connectivity index (χ1) is 13.1. The van der Waals surface area contributed by atoms with Crippen LogP contribution in [-0.4, -0.2) is 40.2 Å². The Morgan fingerprint density at radius 1 is 1.11 bits per heavy atom. The summed E-state index contributed by atoms with van der Waals surface area (Å²) >= 11 is 1.70. The highest BCUT2D eigenvalue weighted by molar-refractivity contribution is 7.18. The van der Waals surface area contributed by atoms with E-state index in [2.05, 4.69) is 71.3 Å². The molecule has 1 saturated heterocycles. The van der Waals surface area contributed by atoms with E-state index in [-0.39, 0.29) is 0 Å². The molecule has 0 bridgehead atoms. The first kappa shape index (κ1) is 18.3. The number of hydrogen-bond acceptors (Lipinski definition) is 6. The zero-order chi connectivity index (χ0) is 18.8. The zero-order valence-corrected chi connectivity index (χ0v) is 16.9. The first-order valence-electron chi connectivity index (χ1n) is 9.47. The second kappa shape index (κ2) is 7.92. The summed E-state index contributed by atoms with van der Waals surface area (Å²) in [6.07, 6.45) is 2.25. The maximum Gasteiger partial charge on any atom is 0.138 e. The Hall–Kier alpha value is -2.02. The summed E-state index contributed by atoms with van der Waals surface area (Å²) in [6.45, 7) is 10.1. The standard InChI is InChI=1S/C21H26N4OS/c1-14-10-25(11-15(2)26-14)12-18-6-4-17(5-7-18)9-22-20-19-8-16(3)27-21(19)24-13-23-20/h4-8,13-15H,9-12H2,1-3H3,(H,22,23,24). The van der Waals surface area contributed by atoms with Crippen LogP contribution in [0.25, 0.3) is 10.2 Å². The highest BCUT2D eigenvalue weighted by Gasteiger charge is 2.21. The van der Waals surface area contributed by atoms with Crippen LogP contribution in [0.2, 0.25) is 0 Å². The van der Waals surface area contributed by atoms with Crippen LogP contribution in [0.5, 0.6) is 0 Å². The first-order valence-corrected chi connectivity index (χ1v) is 10.3. The number of aromatic nitrogens is 2. The maximum atomic E-state index is 5.82. The SMILES string of the molecule is Cc1cc2c(NCc3ccc(CN4CC(C)OC(C)C4)cc3)ncnc2s1. The highest BCUT2D eigenvalue weighted by Crippen LogP contribution is 2.27. The molecule has 1 aliphatic heterocycles. The number of nitrogens with zero attached hydrogens (tertiary/aromatic N) is 3. The van der Waals surface area contributed by atoms with Crippen molar-refractivity contribution in [3.05, 3.63) is 52.7 Å². The lowest BCUT2D eigenvalue weighted by atomic mass is 10.1. The van der Waals surface area contributed by atoms with Crippen LogP contribution in [0.3, 0.4) is 0 Å². The smallest absolute Gasteiger partial charge is 0.138 e. The van der Waals surface area contributed by atoms with E-state index in [0.717, 1.165) is 42.2 Å². The number of ether oxygens (including phenoxy) is 1. The minimum Gasteiger partial charge on any atom is -0.373 e. The fraction of sp³-hybridized carbons (Fsp3) is 0.429. The van der Waals surface area contributed by atoms with Crippen molar-refractivity contribution in [2.45, 2.75) is 46.1 Å². The lowest BCUT2D eigenvalue weighted by Gasteiger charge is -2.35. The molecule has 3 aromatic rings.